The molecule has 0 bridgehead atoms. The van der Waals surface area contributed by atoms with Crippen LogP contribution in [0.1, 0.15) is 25.7 Å². The standard InChI is InChI=1S/C23H27IN6O/c1-30(2)21-17-7-3-5-9-19(17)27-22(29-21)25-15-11-13-16(14-12-15)26-23(31)28-20-10-6-4-8-18(20)24/h3-10,15-16H,11-14H2,1-2H3,(H,25,27,29)(H2,26,28,31)/t15-,16+. The van der Waals surface area contributed by atoms with Gasteiger partial charge in [0, 0.05) is 35.1 Å². The van der Waals surface area contributed by atoms with Gasteiger partial charge in [0.1, 0.15) is 5.82 Å². The highest BCUT2D eigenvalue weighted by atomic mass is 127. The van der Waals surface area contributed by atoms with Crippen LogP contribution in [0.3, 0.4) is 0 Å². The SMILES string of the molecule is CN(C)c1nc(N[C@H]2CC[C@@H](NC(=O)Nc3ccccc3I)CC2)nc2ccccc12. The quantitative estimate of drug-likeness (QED) is 0.412. The fourth-order valence-corrected chi connectivity index (χ4v) is 4.46. The first-order valence-electron chi connectivity index (χ1n) is 10.5. The zero-order valence-corrected chi connectivity index (χ0v) is 19.9. The van der Waals surface area contributed by atoms with E-state index in [4.69, 9.17) is 9.97 Å². The number of carbonyl (C=O) groups excluding carboxylic acids is 1. The fraction of sp³-hybridized carbons (Fsp3) is 0.348. The maximum atomic E-state index is 12.4. The lowest BCUT2D eigenvalue weighted by atomic mass is 9.91. The van der Waals surface area contributed by atoms with Gasteiger partial charge in [-0.15, -0.1) is 0 Å². The highest BCUT2D eigenvalue weighted by molar-refractivity contribution is 14.1. The molecule has 2 aromatic carbocycles. The topological polar surface area (TPSA) is 82.2 Å². The number of nitrogens with zero attached hydrogens (tertiary/aromatic N) is 3. The molecular weight excluding hydrogens is 503 g/mol. The van der Waals surface area contributed by atoms with Crippen LogP contribution in [-0.4, -0.2) is 42.2 Å². The molecule has 0 aliphatic heterocycles. The molecule has 4 rings (SSSR count). The van der Waals surface area contributed by atoms with Crippen molar-refractivity contribution in [2.24, 2.45) is 0 Å². The Hall–Kier alpha value is -2.62. The zero-order chi connectivity index (χ0) is 21.8. The van der Waals surface area contributed by atoms with E-state index in [1.54, 1.807) is 0 Å². The molecule has 0 saturated heterocycles. The summed E-state index contributed by atoms with van der Waals surface area (Å²) in [5.74, 6) is 1.57. The van der Waals surface area contributed by atoms with Crippen LogP contribution in [0.15, 0.2) is 48.5 Å². The number of fused-ring (bicyclic) bond motifs is 1. The number of benzene rings is 2. The van der Waals surface area contributed by atoms with Crippen molar-refractivity contribution < 1.29 is 4.79 Å². The Morgan fingerprint density at radius 2 is 1.65 bits per heavy atom. The molecule has 3 N–H and O–H groups in total. The number of halogens is 1. The first-order chi connectivity index (χ1) is 15.0. The smallest absolute Gasteiger partial charge is 0.319 e. The van der Waals surface area contributed by atoms with E-state index in [2.05, 4.69) is 38.5 Å². The molecule has 162 valence electrons. The van der Waals surface area contributed by atoms with Gasteiger partial charge in [-0.05, 0) is 72.5 Å². The third-order valence-electron chi connectivity index (χ3n) is 5.52. The molecule has 0 unspecified atom stereocenters. The Bertz CT molecular complexity index is 1060. The van der Waals surface area contributed by atoms with E-state index in [1.165, 1.54) is 0 Å². The molecule has 7 nitrogen and oxygen atoms in total. The number of rotatable bonds is 5. The molecular formula is C23H27IN6O. The normalized spacial score (nSPS) is 18.4. The second-order valence-corrected chi connectivity index (χ2v) is 9.22. The van der Waals surface area contributed by atoms with Crippen molar-refractivity contribution in [2.45, 2.75) is 37.8 Å². The van der Waals surface area contributed by atoms with Crippen LogP contribution in [0.2, 0.25) is 0 Å². The average Bonchev–Trinajstić information content (AvgIpc) is 2.76. The average molecular weight is 530 g/mol. The second-order valence-electron chi connectivity index (χ2n) is 8.05. The van der Waals surface area contributed by atoms with E-state index < -0.39 is 0 Å². The number of aromatic nitrogens is 2. The molecule has 0 radical (unpaired) electrons. The second kappa shape index (κ2) is 9.67. The zero-order valence-electron chi connectivity index (χ0n) is 17.7. The van der Waals surface area contributed by atoms with Crippen LogP contribution in [0, 0.1) is 3.57 Å². The molecule has 0 atom stereocenters. The van der Waals surface area contributed by atoms with E-state index in [-0.39, 0.29) is 12.1 Å². The minimum Gasteiger partial charge on any atom is -0.362 e. The predicted octanol–water partition coefficient (Wildman–Crippen LogP) is 4.85. The molecule has 31 heavy (non-hydrogen) atoms. The number of amides is 2. The summed E-state index contributed by atoms with van der Waals surface area (Å²) < 4.78 is 1.02. The molecule has 1 heterocycles. The van der Waals surface area contributed by atoms with Gasteiger partial charge in [-0.25, -0.2) is 9.78 Å². The van der Waals surface area contributed by atoms with Crippen molar-refractivity contribution in [3.05, 3.63) is 52.1 Å². The number of urea groups is 1. The number of carbonyl (C=O) groups is 1. The molecule has 0 spiro atoms. The highest BCUT2D eigenvalue weighted by Gasteiger charge is 2.23. The van der Waals surface area contributed by atoms with Gasteiger partial charge in [0.05, 0.1) is 11.2 Å². The summed E-state index contributed by atoms with van der Waals surface area (Å²) in [5.41, 5.74) is 1.77. The minimum atomic E-state index is -0.144. The maximum Gasteiger partial charge on any atom is 0.319 e. The Labute approximate surface area is 196 Å². The molecule has 3 aromatic rings. The Morgan fingerprint density at radius 1 is 0.968 bits per heavy atom. The summed E-state index contributed by atoms with van der Waals surface area (Å²) in [6, 6.07) is 16.2. The first kappa shape index (κ1) is 21.6. The third-order valence-corrected chi connectivity index (χ3v) is 6.47. The first-order valence-corrected chi connectivity index (χ1v) is 11.6. The van der Waals surface area contributed by atoms with Crippen molar-refractivity contribution in [1.29, 1.82) is 0 Å². The van der Waals surface area contributed by atoms with Crippen molar-refractivity contribution in [3.8, 4) is 0 Å². The molecule has 1 saturated carbocycles. The van der Waals surface area contributed by atoms with Crippen molar-refractivity contribution in [1.82, 2.24) is 15.3 Å². The van der Waals surface area contributed by atoms with E-state index in [9.17, 15) is 4.79 Å². The number of anilines is 3. The summed E-state index contributed by atoms with van der Waals surface area (Å²) in [6.45, 7) is 0. The largest absolute Gasteiger partial charge is 0.362 e. The Balaban J connectivity index is 1.33. The van der Waals surface area contributed by atoms with Crippen molar-refractivity contribution in [3.63, 3.8) is 0 Å². The highest BCUT2D eigenvalue weighted by Crippen LogP contribution is 2.26. The van der Waals surface area contributed by atoms with Crippen LogP contribution in [0.25, 0.3) is 10.9 Å². The Morgan fingerprint density at radius 3 is 2.39 bits per heavy atom. The number of para-hydroxylation sites is 2. The van der Waals surface area contributed by atoms with Gasteiger partial charge < -0.3 is 20.9 Å². The van der Waals surface area contributed by atoms with Gasteiger partial charge in [0.25, 0.3) is 0 Å². The summed E-state index contributed by atoms with van der Waals surface area (Å²) in [7, 11) is 3.99. The molecule has 1 fully saturated rings. The van der Waals surface area contributed by atoms with Crippen LogP contribution in [0.4, 0.5) is 22.2 Å². The third kappa shape index (κ3) is 5.36. The summed E-state index contributed by atoms with van der Waals surface area (Å²) in [6.07, 6.45) is 3.76. The van der Waals surface area contributed by atoms with E-state index in [1.807, 2.05) is 67.5 Å². The summed E-state index contributed by atoms with van der Waals surface area (Å²) >= 11 is 2.22. The lowest BCUT2D eigenvalue weighted by Gasteiger charge is -2.30. The summed E-state index contributed by atoms with van der Waals surface area (Å²) in [5, 5.41) is 10.6. The van der Waals surface area contributed by atoms with Crippen LogP contribution in [-0.2, 0) is 0 Å². The van der Waals surface area contributed by atoms with Crippen molar-refractivity contribution in [2.75, 3.05) is 29.6 Å². The lowest BCUT2D eigenvalue weighted by molar-refractivity contribution is 0.243. The van der Waals surface area contributed by atoms with E-state index >= 15 is 0 Å². The van der Waals surface area contributed by atoms with Crippen molar-refractivity contribution >= 4 is 57.0 Å². The van der Waals surface area contributed by atoms with E-state index in [0.29, 0.717) is 12.0 Å². The number of nitrogens with one attached hydrogen (secondary N) is 3. The minimum absolute atomic E-state index is 0.144. The molecule has 1 aliphatic rings. The van der Waals surface area contributed by atoms with Gasteiger partial charge in [-0.2, -0.15) is 4.98 Å². The number of hydrogen-bond acceptors (Lipinski definition) is 5. The lowest BCUT2D eigenvalue weighted by Crippen LogP contribution is -2.42. The molecule has 2 amide bonds. The van der Waals surface area contributed by atoms with Crippen LogP contribution < -0.4 is 20.9 Å². The number of hydrogen-bond donors (Lipinski definition) is 3. The predicted molar refractivity (Wildman–Crippen MR) is 135 cm³/mol. The fourth-order valence-electron chi connectivity index (χ4n) is 3.94. The monoisotopic (exact) mass is 530 g/mol. The van der Waals surface area contributed by atoms with Crippen LogP contribution >= 0.6 is 22.6 Å². The van der Waals surface area contributed by atoms with Gasteiger partial charge >= 0.3 is 6.03 Å². The van der Waals surface area contributed by atoms with E-state index in [0.717, 1.165) is 51.7 Å². The van der Waals surface area contributed by atoms with Gasteiger partial charge in [-0.3, -0.25) is 0 Å². The van der Waals surface area contributed by atoms with Crippen LogP contribution in [0.5, 0.6) is 0 Å². The van der Waals surface area contributed by atoms with Gasteiger partial charge in [0.15, 0.2) is 0 Å². The summed E-state index contributed by atoms with van der Waals surface area (Å²) in [4.78, 5) is 23.8. The molecule has 1 aliphatic carbocycles. The molecule has 1 aromatic heterocycles. The van der Waals surface area contributed by atoms with Gasteiger partial charge in [-0.1, -0.05) is 24.3 Å². The van der Waals surface area contributed by atoms with Gasteiger partial charge in [0.2, 0.25) is 5.95 Å². The maximum absolute atomic E-state index is 12.4. The molecule has 8 heteroatoms. The Kier molecular flexibility index (Phi) is 6.74.